The minimum Gasteiger partial charge on any atom is -0.493 e. The Morgan fingerprint density at radius 3 is 2.59 bits per heavy atom. The van der Waals surface area contributed by atoms with E-state index in [4.69, 9.17) is 23.7 Å². The van der Waals surface area contributed by atoms with Gasteiger partial charge >= 0.3 is 0 Å². The molecule has 2 bridgehead atoms. The maximum Gasteiger partial charge on any atom is 0.231 e. The van der Waals surface area contributed by atoms with Gasteiger partial charge in [0.05, 0.1) is 51.9 Å². The van der Waals surface area contributed by atoms with Crippen molar-refractivity contribution in [2.75, 3.05) is 46.3 Å². The fourth-order valence-corrected chi connectivity index (χ4v) is 5.45. The van der Waals surface area contributed by atoms with E-state index in [0.29, 0.717) is 36.0 Å². The molecule has 5 rings (SSSR count). The molecule has 4 heterocycles. The van der Waals surface area contributed by atoms with Crippen LogP contribution in [-0.2, 0) is 19.1 Å². The number of carbonyl (C=O) groups is 2. The number of likely N-dealkylation sites (tertiary alicyclic amines) is 1. The second-order valence-electron chi connectivity index (χ2n) is 8.66. The predicted molar refractivity (Wildman–Crippen MR) is 114 cm³/mol. The van der Waals surface area contributed by atoms with Gasteiger partial charge in [0.15, 0.2) is 11.5 Å². The summed E-state index contributed by atoms with van der Waals surface area (Å²) >= 11 is 0. The van der Waals surface area contributed by atoms with Crippen LogP contribution in [0.25, 0.3) is 0 Å². The quantitative estimate of drug-likeness (QED) is 0.639. The summed E-state index contributed by atoms with van der Waals surface area (Å²) in [5, 5.41) is 2.92. The monoisotopic (exact) mass is 444 g/mol. The van der Waals surface area contributed by atoms with Crippen LogP contribution in [0.5, 0.6) is 17.2 Å². The molecule has 1 aromatic rings. The summed E-state index contributed by atoms with van der Waals surface area (Å²) in [4.78, 5) is 28.5. The first-order valence-corrected chi connectivity index (χ1v) is 10.9. The van der Waals surface area contributed by atoms with Crippen molar-refractivity contribution in [2.45, 2.75) is 30.7 Å². The number of rotatable bonds is 7. The van der Waals surface area contributed by atoms with Crippen molar-refractivity contribution in [3.63, 3.8) is 0 Å². The van der Waals surface area contributed by atoms with Gasteiger partial charge in [-0.2, -0.15) is 0 Å². The van der Waals surface area contributed by atoms with E-state index in [1.54, 1.807) is 17.0 Å². The van der Waals surface area contributed by atoms with Crippen LogP contribution < -0.4 is 19.5 Å². The summed E-state index contributed by atoms with van der Waals surface area (Å²) in [6.07, 6.45) is 5.46. The molecule has 1 N–H and O–H groups in total. The summed E-state index contributed by atoms with van der Waals surface area (Å²) in [7, 11) is 4.55. The highest BCUT2D eigenvalue weighted by molar-refractivity contribution is 5.99. The molecule has 3 saturated heterocycles. The Morgan fingerprint density at radius 1 is 1.22 bits per heavy atom. The molecule has 0 saturated carbocycles. The number of hydrogen-bond donors (Lipinski definition) is 1. The summed E-state index contributed by atoms with van der Waals surface area (Å²) in [6.45, 7) is 1.73. The van der Waals surface area contributed by atoms with Crippen LogP contribution in [0.4, 0.5) is 5.69 Å². The first-order chi connectivity index (χ1) is 15.5. The molecule has 0 radical (unpaired) electrons. The molecule has 2 amide bonds. The Kier molecular flexibility index (Phi) is 5.25. The number of carbonyl (C=O) groups excluding carboxylic acids is 2. The topological polar surface area (TPSA) is 95.6 Å². The van der Waals surface area contributed by atoms with Crippen LogP contribution in [0, 0.1) is 11.8 Å². The third-order valence-electron chi connectivity index (χ3n) is 6.86. The minimum absolute atomic E-state index is 0.0441. The first kappa shape index (κ1) is 21.1. The molecule has 9 nitrogen and oxygen atoms in total. The molecular weight excluding hydrogens is 416 g/mol. The Hall–Kier alpha value is -2.78. The van der Waals surface area contributed by atoms with Gasteiger partial charge in [-0.1, -0.05) is 12.2 Å². The lowest BCUT2D eigenvalue weighted by atomic mass is 9.77. The summed E-state index contributed by atoms with van der Waals surface area (Å²) in [5.41, 5.74) is -0.246. The second-order valence-corrected chi connectivity index (χ2v) is 8.66. The van der Waals surface area contributed by atoms with Crippen molar-refractivity contribution >= 4 is 17.5 Å². The molecule has 5 atom stereocenters. The van der Waals surface area contributed by atoms with E-state index in [0.717, 1.165) is 19.4 Å². The van der Waals surface area contributed by atoms with Gasteiger partial charge in [-0.15, -0.1) is 0 Å². The van der Waals surface area contributed by atoms with E-state index in [2.05, 4.69) is 5.32 Å². The van der Waals surface area contributed by atoms with Gasteiger partial charge in [-0.25, -0.2) is 0 Å². The molecule has 0 unspecified atom stereocenters. The molecule has 32 heavy (non-hydrogen) atoms. The smallest absolute Gasteiger partial charge is 0.231 e. The van der Waals surface area contributed by atoms with Gasteiger partial charge in [0, 0.05) is 31.0 Å². The van der Waals surface area contributed by atoms with Crippen LogP contribution >= 0.6 is 0 Å². The third kappa shape index (κ3) is 3.22. The largest absolute Gasteiger partial charge is 0.493 e. The summed E-state index contributed by atoms with van der Waals surface area (Å²) < 4.78 is 28.0. The average molecular weight is 444 g/mol. The van der Waals surface area contributed by atoms with Gasteiger partial charge in [-0.3, -0.25) is 9.59 Å². The lowest BCUT2D eigenvalue weighted by Gasteiger charge is -2.24. The number of ether oxygens (including phenoxy) is 5. The van der Waals surface area contributed by atoms with E-state index in [1.807, 2.05) is 12.2 Å². The average Bonchev–Trinajstić information content (AvgIpc) is 3.56. The van der Waals surface area contributed by atoms with Gasteiger partial charge in [-0.05, 0) is 12.8 Å². The van der Waals surface area contributed by atoms with E-state index in [1.165, 1.54) is 21.3 Å². The Bertz CT molecular complexity index is 933. The molecule has 4 aliphatic rings. The van der Waals surface area contributed by atoms with Crippen molar-refractivity contribution in [1.29, 1.82) is 0 Å². The van der Waals surface area contributed by atoms with Gasteiger partial charge < -0.3 is 33.9 Å². The maximum absolute atomic E-state index is 13.4. The standard InChI is InChI=1S/C23H28N2O7/c1-28-16-9-13(10-17(29-2)20(16)30-3)24-21(26)18-15-6-7-23(32-15)12-25(22(27)19(18)23)11-14-5-4-8-31-14/h6-7,9-10,14-15,18-19H,4-5,8,11-12H2,1-3H3,(H,24,26)/t14-,15-,18+,19+,23-/m0/s1. The fourth-order valence-electron chi connectivity index (χ4n) is 5.45. The van der Waals surface area contributed by atoms with Crippen molar-refractivity contribution in [3.8, 4) is 17.2 Å². The van der Waals surface area contributed by atoms with Crippen molar-refractivity contribution in [3.05, 3.63) is 24.3 Å². The van der Waals surface area contributed by atoms with Gasteiger partial charge in [0.2, 0.25) is 17.6 Å². The predicted octanol–water partition coefficient (Wildman–Crippen LogP) is 1.61. The van der Waals surface area contributed by atoms with E-state index >= 15 is 0 Å². The van der Waals surface area contributed by atoms with Crippen LogP contribution in [0.1, 0.15) is 12.8 Å². The number of nitrogens with one attached hydrogen (secondary N) is 1. The molecule has 0 aliphatic carbocycles. The SMILES string of the molecule is COc1cc(NC(=O)[C@@H]2[C@@H]3C=C[C@@]4(CN(C[C@@H]5CCCO5)C(=O)[C@@H]24)O3)cc(OC)c1OC. The highest BCUT2D eigenvalue weighted by atomic mass is 16.5. The lowest BCUT2D eigenvalue weighted by Crippen LogP contribution is -2.42. The van der Waals surface area contributed by atoms with E-state index in [9.17, 15) is 9.59 Å². The number of benzene rings is 1. The molecule has 4 aliphatic heterocycles. The van der Waals surface area contributed by atoms with Gasteiger partial charge in [0.1, 0.15) is 5.60 Å². The lowest BCUT2D eigenvalue weighted by molar-refractivity contribution is -0.136. The molecule has 1 aromatic carbocycles. The van der Waals surface area contributed by atoms with E-state index in [-0.39, 0.29) is 17.9 Å². The highest BCUT2D eigenvalue weighted by Gasteiger charge is 2.66. The molecular formula is C23H28N2O7. The number of fused-ring (bicyclic) bond motifs is 1. The molecule has 3 fully saturated rings. The van der Waals surface area contributed by atoms with Crippen LogP contribution in [0.15, 0.2) is 24.3 Å². The molecule has 1 spiro atoms. The van der Waals surface area contributed by atoms with Crippen LogP contribution in [-0.4, -0.2) is 75.5 Å². The highest BCUT2D eigenvalue weighted by Crippen LogP contribution is 2.52. The van der Waals surface area contributed by atoms with E-state index < -0.39 is 23.5 Å². The number of nitrogens with zero attached hydrogens (tertiary/aromatic N) is 1. The number of anilines is 1. The third-order valence-corrected chi connectivity index (χ3v) is 6.86. The zero-order valence-corrected chi connectivity index (χ0v) is 18.5. The summed E-state index contributed by atoms with van der Waals surface area (Å²) in [5.74, 6) is -0.161. The maximum atomic E-state index is 13.4. The normalized spacial score (nSPS) is 32.3. The van der Waals surface area contributed by atoms with Crippen molar-refractivity contribution in [2.24, 2.45) is 11.8 Å². The Labute approximate surface area is 186 Å². The van der Waals surface area contributed by atoms with Crippen LogP contribution in [0.3, 0.4) is 0 Å². The molecule has 9 heteroatoms. The Morgan fingerprint density at radius 2 is 1.97 bits per heavy atom. The zero-order valence-electron chi connectivity index (χ0n) is 18.5. The second kappa shape index (κ2) is 7.97. The number of methoxy groups -OCH3 is 3. The Balaban J connectivity index is 1.37. The van der Waals surface area contributed by atoms with Gasteiger partial charge in [0.25, 0.3) is 0 Å². The summed E-state index contributed by atoms with van der Waals surface area (Å²) in [6, 6.07) is 3.33. The van der Waals surface area contributed by atoms with Crippen LogP contribution in [0.2, 0.25) is 0 Å². The number of amides is 2. The fraction of sp³-hybridized carbons (Fsp3) is 0.565. The zero-order chi connectivity index (χ0) is 22.5. The first-order valence-electron chi connectivity index (χ1n) is 10.9. The molecule has 172 valence electrons. The van der Waals surface area contributed by atoms with Crippen molar-refractivity contribution in [1.82, 2.24) is 4.90 Å². The minimum atomic E-state index is -0.738. The number of hydrogen-bond acceptors (Lipinski definition) is 7. The van der Waals surface area contributed by atoms with Crippen molar-refractivity contribution < 1.29 is 33.3 Å². The molecule has 0 aromatic heterocycles.